The first-order valence-electron chi connectivity index (χ1n) is 4.80. The molecule has 0 saturated carbocycles. The maximum absolute atomic E-state index is 13.5. The summed E-state index contributed by atoms with van der Waals surface area (Å²) in [5.41, 5.74) is -0.363. The van der Waals surface area contributed by atoms with Crippen molar-refractivity contribution >= 4 is 5.97 Å². The molecule has 2 atom stereocenters. The molecule has 6 heteroatoms. The van der Waals surface area contributed by atoms with Gasteiger partial charge in [0.15, 0.2) is 17.7 Å². The third kappa shape index (κ3) is 2.71. The van der Waals surface area contributed by atoms with Crippen LogP contribution in [0.4, 0.5) is 8.78 Å². The number of carbonyl (C=O) groups is 1. The molecule has 94 valence electrons. The van der Waals surface area contributed by atoms with Crippen LogP contribution in [0.15, 0.2) is 12.1 Å². The Kier molecular flexibility index (Phi) is 4.01. The van der Waals surface area contributed by atoms with E-state index in [1.54, 1.807) is 0 Å². The van der Waals surface area contributed by atoms with Crippen molar-refractivity contribution in [2.45, 2.75) is 19.2 Å². The number of carboxylic acids is 1. The summed E-state index contributed by atoms with van der Waals surface area (Å²) < 4.78 is 31.2. The average Bonchev–Trinajstić information content (AvgIpc) is 2.26. The van der Waals surface area contributed by atoms with E-state index in [2.05, 4.69) is 4.74 Å². The van der Waals surface area contributed by atoms with Crippen LogP contribution in [0.5, 0.6) is 5.75 Å². The minimum Gasteiger partial charge on any atom is -0.493 e. The fraction of sp³-hybridized carbons (Fsp3) is 0.364. The highest BCUT2D eigenvalue weighted by Gasteiger charge is 2.24. The maximum atomic E-state index is 13.5. The van der Waals surface area contributed by atoms with Crippen LogP contribution in [0.1, 0.15) is 30.3 Å². The summed E-state index contributed by atoms with van der Waals surface area (Å²) >= 11 is 0. The van der Waals surface area contributed by atoms with Gasteiger partial charge in [-0.15, -0.1) is 0 Å². The largest absolute Gasteiger partial charge is 0.493 e. The number of hydrogen-bond donors (Lipinski definition) is 2. The Balaban J connectivity index is 3.38. The quantitative estimate of drug-likeness (QED) is 0.852. The van der Waals surface area contributed by atoms with Crippen molar-refractivity contribution in [3.63, 3.8) is 0 Å². The van der Waals surface area contributed by atoms with Crippen molar-refractivity contribution in [2.75, 3.05) is 7.11 Å². The molecule has 0 heterocycles. The van der Waals surface area contributed by atoms with Crippen molar-refractivity contribution in [1.29, 1.82) is 0 Å². The fourth-order valence-electron chi connectivity index (χ4n) is 1.42. The van der Waals surface area contributed by atoms with Gasteiger partial charge in [0.25, 0.3) is 0 Å². The Morgan fingerprint density at radius 2 is 2.06 bits per heavy atom. The molecular formula is C11H12F2O4. The number of aliphatic carboxylic acids is 1. The van der Waals surface area contributed by atoms with Crippen LogP contribution in [-0.2, 0) is 4.79 Å². The number of carboxylic acid groups (broad SMARTS) is 1. The van der Waals surface area contributed by atoms with Gasteiger partial charge in [-0.1, -0.05) is 0 Å². The number of rotatable bonds is 4. The number of ether oxygens (including phenoxy) is 1. The SMILES string of the molecule is COc1c(F)cc(C(C)F)cc1C(O)C(=O)O. The third-order valence-electron chi connectivity index (χ3n) is 2.29. The number of halogens is 2. The van der Waals surface area contributed by atoms with Crippen LogP contribution >= 0.6 is 0 Å². The zero-order chi connectivity index (χ0) is 13.2. The molecule has 2 unspecified atom stereocenters. The van der Waals surface area contributed by atoms with Crippen LogP contribution in [-0.4, -0.2) is 23.3 Å². The first-order valence-corrected chi connectivity index (χ1v) is 4.80. The summed E-state index contributed by atoms with van der Waals surface area (Å²) in [5, 5.41) is 18.0. The summed E-state index contributed by atoms with van der Waals surface area (Å²) in [6, 6.07) is 1.98. The van der Waals surface area contributed by atoms with Crippen LogP contribution in [0.25, 0.3) is 0 Å². The van der Waals surface area contributed by atoms with E-state index in [9.17, 15) is 18.7 Å². The Hall–Kier alpha value is -1.69. The van der Waals surface area contributed by atoms with Gasteiger partial charge in [-0.2, -0.15) is 0 Å². The second-order valence-corrected chi connectivity index (χ2v) is 3.48. The lowest BCUT2D eigenvalue weighted by Crippen LogP contribution is -2.13. The first kappa shape index (κ1) is 13.4. The van der Waals surface area contributed by atoms with Crippen molar-refractivity contribution < 1.29 is 28.5 Å². The molecule has 0 amide bonds. The lowest BCUT2D eigenvalue weighted by Gasteiger charge is -2.14. The highest BCUT2D eigenvalue weighted by atomic mass is 19.1. The molecule has 2 N–H and O–H groups in total. The second kappa shape index (κ2) is 5.09. The summed E-state index contributed by atoms with van der Waals surface area (Å²) in [7, 11) is 1.13. The molecule has 0 aliphatic carbocycles. The molecule has 0 aliphatic rings. The Bertz CT molecular complexity index is 432. The van der Waals surface area contributed by atoms with E-state index >= 15 is 0 Å². The van der Waals surface area contributed by atoms with Gasteiger partial charge in [0, 0.05) is 5.56 Å². The predicted octanol–water partition coefficient (Wildman–Crippen LogP) is 1.98. The molecule has 0 bridgehead atoms. The van der Waals surface area contributed by atoms with E-state index in [-0.39, 0.29) is 11.1 Å². The molecule has 0 fully saturated rings. The number of aliphatic hydroxyl groups is 1. The van der Waals surface area contributed by atoms with Gasteiger partial charge in [0.05, 0.1) is 7.11 Å². The maximum Gasteiger partial charge on any atom is 0.337 e. The standard InChI is InChI=1S/C11H12F2O4/c1-5(12)6-3-7(9(14)11(15)16)10(17-2)8(13)4-6/h3-5,9,14H,1-2H3,(H,15,16). The summed E-state index contributed by atoms with van der Waals surface area (Å²) in [6.07, 6.45) is -3.44. The van der Waals surface area contributed by atoms with E-state index in [1.165, 1.54) is 6.92 Å². The molecule has 0 spiro atoms. The molecular weight excluding hydrogens is 234 g/mol. The minimum atomic E-state index is -1.96. The predicted molar refractivity (Wildman–Crippen MR) is 55.1 cm³/mol. The Labute approximate surface area is 96.5 Å². The lowest BCUT2D eigenvalue weighted by atomic mass is 10.0. The van der Waals surface area contributed by atoms with Gasteiger partial charge in [-0.3, -0.25) is 0 Å². The van der Waals surface area contributed by atoms with Crippen molar-refractivity contribution in [2.24, 2.45) is 0 Å². The first-order chi connectivity index (χ1) is 7.88. The van der Waals surface area contributed by atoms with Crippen molar-refractivity contribution in [3.05, 3.63) is 29.1 Å². The zero-order valence-electron chi connectivity index (χ0n) is 9.28. The smallest absolute Gasteiger partial charge is 0.337 e. The third-order valence-corrected chi connectivity index (χ3v) is 2.29. The van der Waals surface area contributed by atoms with Gasteiger partial charge in [0.2, 0.25) is 0 Å². The Morgan fingerprint density at radius 3 is 2.47 bits per heavy atom. The van der Waals surface area contributed by atoms with Crippen LogP contribution in [0, 0.1) is 5.82 Å². The average molecular weight is 246 g/mol. The van der Waals surface area contributed by atoms with Gasteiger partial charge >= 0.3 is 5.97 Å². The van der Waals surface area contributed by atoms with E-state index in [0.29, 0.717) is 0 Å². The summed E-state index contributed by atoms with van der Waals surface area (Å²) in [4.78, 5) is 10.6. The summed E-state index contributed by atoms with van der Waals surface area (Å²) in [6.45, 7) is 1.18. The monoisotopic (exact) mass is 246 g/mol. The fourth-order valence-corrected chi connectivity index (χ4v) is 1.42. The number of hydrogen-bond acceptors (Lipinski definition) is 3. The van der Waals surface area contributed by atoms with E-state index in [4.69, 9.17) is 5.11 Å². The molecule has 4 nitrogen and oxygen atoms in total. The molecule has 0 saturated heterocycles. The molecule has 0 aromatic heterocycles. The number of alkyl halides is 1. The summed E-state index contributed by atoms with van der Waals surface area (Å²) in [5.74, 6) is -2.87. The van der Waals surface area contributed by atoms with Crippen molar-refractivity contribution in [1.82, 2.24) is 0 Å². The number of methoxy groups -OCH3 is 1. The van der Waals surface area contributed by atoms with Gasteiger partial charge in [-0.25, -0.2) is 13.6 Å². The van der Waals surface area contributed by atoms with Gasteiger partial charge in [0.1, 0.15) is 6.17 Å². The number of aliphatic hydroxyl groups excluding tert-OH is 1. The topological polar surface area (TPSA) is 66.8 Å². The van der Waals surface area contributed by atoms with Crippen LogP contribution < -0.4 is 4.74 Å². The number of benzene rings is 1. The molecule has 1 aromatic carbocycles. The lowest BCUT2D eigenvalue weighted by molar-refractivity contribution is -0.147. The van der Waals surface area contributed by atoms with Crippen molar-refractivity contribution in [3.8, 4) is 5.75 Å². The normalized spacial score (nSPS) is 14.2. The molecule has 0 radical (unpaired) electrons. The Morgan fingerprint density at radius 1 is 1.47 bits per heavy atom. The minimum absolute atomic E-state index is 0.0569. The zero-order valence-corrected chi connectivity index (χ0v) is 9.28. The van der Waals surface area contributed by atoms with E-state index in [1.807, 2.05) is 0 Å². The highest BCUT2D eigenvalue weighted by Crippen LogP contribution is 2.32. The van der Waals surface area contributed by atoms with Crippen LogP contribution in [0.3, 0.4) is 0 Å². The van der Waals surface area contributed by atoms with Crippen LogP contribution in [0.2, 0.25) is 0 Å². The molecule has 1 rings (SSSR count). The highest BCUT2D eigenvalue weighted by molar-refractivity contribution is 5.75. The van der Waals surface area contributed by atoms with Gasteiger partial charge < -0.3 is 14.9 Å². The van der Waals surface area contributed by atoms with E-state index in [0.717, 1.165) is 19.2 Å². The molecule has 0 aliphatic heterocycles. The molecule has 17 heavy (non-hydrogen) atoms. The van der Waals surface area contributed by atoms with Gasteiger partial charge in [-0.05, 0) is 24.6 Å². The second-order valence-electron chi connectivity index (χ2n) is 3.48. The van der Waals surface area contributed by atoms with E-state index < -0.39 is 29.8 Å². The molecule has 1 aromatic rings.